The number of ether oxygens (including phenoxy) is 1. The van der Waals surface area contributed by atoms with Crippen LogP contribution in [0.5, 0.6) is 0 Å². The first-order valence-corrected chi connectivity index (χ1v) is 8.62. The summed E-state index contributed by atoms with van der Waals surface area (Å²) in [5, 5.41) is 15.5. The highest BCUT2D eigenvalue weighted by Gasteiger charge is 2.16. The Balaban J connectivity index is 1.67. The van der Waals surface area contributed by atoms with Gasteiger partial charge in [0.15, 0.2) is 0 Å². The molecule has 3 N–H and O–H groups in total. The second kappa shape index (κ2) is 10.4. The number of likely N-dealkylation sites (tertiary alicyclic amines) is 1. The highest BCUT2D eigenvalue weighted by Crippen LogP contribution is 2.14. The molecular formula is C18H29N3O3. The second-order valence-corrected chi connectivity index (χ2v) is 6.27. The Morgan fingerprint density at radius 2 is 1.92 bits per heavy atom. The van der Waals surface area contributed by atoms with E-state index in [1.54, 1.807) is 7.11 Å². The van der Waals surface area contributed by atoms with Gasteiger partial charge in [0.2, 0.25) is 5.91 Å². The van der Waals surface area contributed by atoms with Crippen molar-refractivity contribution in [2.24, 2.45) is 0 Å². The summed E-state index contributed by atoms with van der Waals surface area (Å²) < 4.78 is 4.91. The van der Waals surface area contributed by atoms with Crippen molar-refractivity contribution in [3.05, 3.63) is 35.4 Å². The molecule has 1 saturated heterocycles. The minimum atomic E-state index is -0.128. The third kappa shape index (κ3) is 6.97. The van der Waals surface area contributed by atoms with Crippen LogP contribution in [0.1, 0.15) is 24.0 Å². The molecule has 2 rings (SSSR count). The van der Waals surface area contributed by atoms with Crippen molar-refractivity contribution in [2.45, 2.75) is 32.0 Å². The van der Waals surface area contributed by atoms with Crippen LogP contribution >= 0.6 is 0 Å². The fourth-order valence-corrected chi connectivity index (χ4v) is 2.74. The van der Waals surface area contributed by atoms with Crippen molar-refractivity contribution in [3.63, 3.8) is 0 Å². The van der Waals surface area contributed by atoms with Gasteiger partial charge >= 0.3 is 0 Å². The maximum Gasteiger partial charge on any atom is 0.234 e. The summed E-state index contributed by atoms with van der Waals surface area (Å²) in [6.45, 7) is 4.95. The molecule has 0 bridgehead atoms. The van der Waals surface area contributed by atoms with Crippen molar-refractivity contribution in [2.75, 3.05) is 39.9 Å². The first-order chi connectivity index (χ1) is 11.7. The Morgan fingerprint density at radius 1 is 1.25 bits per heavy atom. The smallest absolute Gasteiger partial charge is 0.234 e. The highest BCUT2D eigenvalue weighted by molar-refractivity contribution is 5.77. The number of aliphatic hydroxyl groups excluding tert-OH is 1. The van der Waals surface area contributed by atoms with Crippen molar-refractivity contribution in [1.29, 1.82) is 0 Å². The third-order valence-corrected chi connectivity index (χ3v) is 4.24. The van der Waals surface area contributed by atoms with Crippen LogP contribution in [0.4, 0.5) is 0 Å². The van der Waals surface area contributed by atoms with Crippen molar-refractivity contribution in [1.82, 2.24) is 15.5 Å². The van der Waals surface area contributed by atoms with Gasteiger partial charge in [0.25, 0.3) is 0 Å². The lowest BCUT2D eigenvalue weighted by atomic mass is 10.1. The summed E-state index contributed by atoms with van der Waals surface area (Å²) in [5.74, 6) is -0.0120. The van der Waals surface area contributed by atoms with Crippen LogP contribution in [0.2, 0.25) is 0 Å². The standard InChI is InChI=1S/C18H29N3O3/c1-24-11-8-19-13-18(23)20-12-15-2-4-16(5-3-15)14-21-9-6-17(22)7-10-21/h2-5,17,19,22H,6-14H2,1H3,(H,20,23). The predicted octanol–water partition coefficient (Wildman–Crippen LogP) is 0.496. The lowest BCUT2D eigenvalue weighted by molar-refractivity contribution is -0.120. The molecule has 1 heterocycles. The summed E-state index contributed by atoms with van der Waals surface area (Å²) in [7, 11) is 1.64. The minimum absolute atomic E-state index is 0.0120. The fraction of sp³-hybridized carbons (Fsp3) is 0.611. The van der Waals surface area contributed by atoms with E-state index in [1.807, 2.05) is 0 Å². The number of amides is 1. The quantitative estimate of drug-likeness (QED) is 0.573. The number of nitrogens with one attached hydrogen (secondary N) is 2. The molecule has 0 saturated carbocycles. The molecule has 1 aliphatic rings. The van der Waals surface area contributed by atoms with E-state index in [4.69, 9.17) is 4.74 Å². The van der Waals surface area contributed by atoms with Gasteiger partial charge in [0, 0.05) is 39.8 Å². The summed E-state index contributed by atoms with van der Waals surface area (Å²) in [6.07, 6.45) is 1.60. The maximum atomic E-state index is 11.7. The summed E-state index contributed by atoms with van der Waals surface area (Å²) in [4.78, 5) is 14.1. The van der Waals surface area contributed by atoms with Crippen LogP contribution in [0.15, 0.2) is 24.3 Å². The molecule has 0 aromatic heterocycles. The first kappa shape index (κ1) is 18.9. The predicted molar refractivity (Wildman–Crippen MR) is 93.6 cm³/mol. The van der Waals surface area contributed by atoms with Gasteiger partial charge in [-0.2, -0.15) is 0 Å². The lowest BCUT2D eigenvalue weighted by Crippen LogP contribution is -2.35. The van der Waals surface area contributed by atoms with Crippen LogP contribution < -0.4 is 10.6 Å². The molecule has 0 radical (unpaired) electrons. The van der Waals surface area contributed by atoms with Gasteiger partial charge in [0.1, 0.15) is 0 Å². The Kier molecular flexibility index (Phi) is 8.18. The summed E-state index contributed by atoms with van der Waals surface area (Å²) in [6, 6.07) is 8.35. The number of rotatable bonds is 9. The van der Waals surface area contributed by atoms with Gasteiger partial charge in [-0.3, -0.25) is 9.69 Å². The van der Waals surface area contributed by atoms with E-state index in [0.717, 1.165) is 38.0 Å². The summed E-state index contributed by atoms with van der Waals surface area (Å²) >= 11 is 0. The SMILES string of the molecule is COCCNCC(=O)NCc1ccc(CN2CCC(O)CC2)cc1. The number of hydrogen-bond acceptors (Lipinski definition) is 5. The zero-order valence-electron chi connectivity index (χ0n) is 14.5. The van der Waals surface area contributed by atoms with Crippen LogP contribution in [-0.2, 0) is 22.6 Å². The van der Waals surface area contributed by atoms with Gasteiger partial charge in [0.05, 0.1) is 19.3 Å². The van der Waals surface area contributed by atoms with Crippen molar-refractivity contribution >= 4 is 5.91 Å². The number of aliphatic hydroxyl groups is 1. The normalized spacial score (nSPS) is 16.2. The van der Waals surface area contributed by atoms with Gasteiger partial charge < -0.3 is 20.5 Å². The number of carbonyl (C=O) groups is 1. The van der Waals surface area contributed by atoms with E-state index >= 15 is 0 Å². The topological polar surface area (TPSA) is 73.8 Å². The lowest BCUT2D eigenvalue weighted by Gasteiger charge is -2.29. The zero-order valence-corrected chi connectivity index (χ0v) is 14.5. The molecular weight excluding hydrogens is 306 g/mol. The number of carbonyl (C=O) groups excluding carboxylic acids is 1. The van der Waals surface area contributed by atoms with Crippen LogP contribution in [0.3, 0.4) is 0 Å². The van der Waals surface area contributed by atoms with Gasteiger partial charge in [-0.05, 0) is 24.0 Å². The fourth-order valence-electron chi connectivity index (χ4n) is 2.74. The average molecular weight is 335 g/mol. The number of piperidine rings is 1. The highest BCUT2D eigenvalue weighted by atomic mass is 16.5. The third-order valence-electron chi connectivity index (χ3n) is 4.24. The van der Waals surface area contributed by atoms with E-state index in [2.05, 4.69) is 39.8 Å². The Bertz CT molecular complexity index is 485. The molecule has 6 nitrogen and oxygen atoms in total. The average Bonchev–Trinajstić information content (AvgIpc) is 2.60. The zero-order chi connectivity index (χ0) is 17.2. The van der Waals surface area contributed by atoms with Crippen LogP contribution in [-0.4, -0.2) is 61.9 Å². The largest absolute Gasteiger partial charge is 0.393 e. The molecule has 24 heavy (non-hydrogen) atoms. The van der Waals surface area contributed by atoms with Crippen molar-refractivity contribution in [3.8, 4) is 0 Å². The molecule has 1 aliphatic heterocycles. The monoisotopic (exact) mass is 335 g/mol. The Morgan fingerprint density at radius 3 is 2.58 bits per heavy atom. The number of methoxy groups -OCH3 is 1. The summed E-state index contributed by atoms with van der Waals surface area (Å²) in [5.41, 5.74) is 2.36. The van der Waals surface area contributed by atoms with E-state index in [9.17, 15) is 9.90 Å². The number of nitrogens with zero attached hydrogens (tertiary/aromatic N) is 1. The molecule has 0 unspecified atom stereocenters. The molecule has 0 aliphatic carbocycles. The molecule has 1 fully saturated rings. The molecule has 134 valence electrons. The first-order valence-electron chi connectivity index (χ1n) is 8.62. The van der Waals surface area contributed by atoms with Crippen LogP contribution in [0, 0.1) is 0 Å². The van der Waals surface area contributed by atoms with E-state index in [1.165, 1.54) is 5.56 Å². The molecule has 1 aromatic carbocycles. The molecule has 0 spiro atoms. The van der Waals surface area contributed by atoms with Crippen LogP contribution in [0.25, 0.3) is 0 Å². The van der Waals surface area contributed by atoms with Gasteiger partial charge in [-0.1, -0.05) is 24.3 Å². The minimum Gasteiger partial charge on any atom is -0.393 e. The maximum absolute atomic E-state index is 11.7. The van der Waals surface area contributed by atoms with E-state index in [0.29, 0.717) is 26.2 Å². The Labute approximate surface area is 144 Å². The van der Waals surface area contributed by atoms with E-state index in [-0.39, 0.29) is 12.0 Å². The molecule has 1 aromatic rings. The number of hydrogen-bond donors (Lipinski definition) is 3. The Hall–Kier alpha value is -1.47. The number of benzene rings is 1. The molecule has 0 atom stereocenters. The van der Waals surface area contributed by atoms with Gasteiger partial charge in [-0.15, -0.1) is 0 Å². The second-order valence-electron chi connectivity index (χ2n) is 6.27. The molecule has 1 amide bonds. The molecule has 6 heteroatoms. The van der Waals surface area contributed by atoms with Gasteiger partial charge in [-0.25, -0.2) is 0 Å². The van der Waals surface area contributed by atoms with Crippen molar-refractivity contribution < 1.29 is 14.6 Å². The van der Waals surface area contributed by atoms with E-state index < -0.39 is 0 Å².